The molecule has 0 aromatic carbocycles. The fourth-order valence-corrected chi connectivity index (χ4v) is 3.50. The molecule has 1 fully saturated rings. The molecule has 2 atom stereocenters. The van der Waals surface area contributed by atoms with Crippen molar-refractivity contribution in [1.82, 2.24) is 5.32 Å². The number of hydrogen-bond donors (Lipinski definition) is 1. The second-order valence-electron chi connectivity index (χ2n) is 8.90. The van der Waals surface area contributed by atoms with Crippen LogP contribution in [0.3, 0.4) is 0 Å². The molecule has 0 aromatic heterocycles. The lowest BCUT2D eigenvalue weighted by Crippen LogP contribution is -2.33. The number of carbonyl (C=O) groups is 4. The first-order valence-corrected chi connectivity index (χ1v) is 10.9. The number of epoxide rings is 1. The van der Waals surface area contributed by atoms with Crippen molar-refractivity contribution in [2.24, 2.45) is 0 Å². The molecule has 2 unspecified atom stereocenters. The zero-order valence-corrected chi connectivity index (χ0v) is 19.8. The van der Waals surface area contributed by atoms with Gasteiger partial charge in [-0.1, -0.05) is 28.9 Å². The van der Waals surface area contributed by atoms with Crippen LogP contribution in [0.2, 0.25) is 0 Å². The van der Waals surface area contributed by atoms with Crippen molar-refractivity contribution in [1.29, 1.82) is 0 Å². The fourth-order valence-electron chi connectivity index (χ4n) is 3.50. The van der Waals surface area contributed by atoms with E-state index >= 15 is 0 Å². The average molecular weight is 440 g/mol. The van der Waals surface area contributed by atoms with E-state index in [1.54, 1.807) is 13.8 Å². The number of allylic oxidation sites excluding steroid dienone is 7. The molecule has 0 spiro atoms. The molecule has 6 heteroatoms. The molecular weight excluding hydrogens is 406 g/mol. The van der Waals surface area contributed by atoms with Gasteiger partial charge in [0.1, 0.15) is 12.2 Å². The van der Waals surface area contributed by atoms with Crippen LogP contribution in [0, 0.1) is 0 Å². The number of amides is 1. The number of ether oxygens (including phenoxy) is 1. The van der Waals surface area contributed by atoms with E-state index in [4.69, 9.17) is 4.74 Å². The lowest BCUT2D eigenvalue weighted by Gasteiger charge is -2.15. The highest BCUT2D eigenvalue weighted by molar-refractivity contribution is 6.25. The summed E-state index contributed by atoms with van der Waals surface area (Å²) in [5, 5.41) is 2.50. The zero-order valence-electron chi connectivity index (χ0n) is 19.8. The molecule has 1 amide bonds. The van der Waals surface area contributed by atoms with Gasteiger partial charge in [0, 0.05) is 18.9 Å². The Hall–Kier alpha value is -2.86. The Morgan fingerprint density at radius 3 is 2.38 bits per heavy atom. The fraction of sp³-hybridized carbons (Fsp3) is 0.462. The highest BCUT2D eigenvalue weighted by Crippen LogP contribution is 2.31. The Morgan fingerprint density at radius 1 is 1.06 bits per heavy atom. The van der Waals surface area contributed by atoms with Gasteiger partial charge in [0.2, 0.25) is 0 Å². The van der Waals surface area contributed by atoms with E-state index in [0.717, 1.165) is 22.8 Å². The summed E-state index contributed by atoms with van der Waals surface area (Å²) in [4.78, 5) is 50.0. The molecule has 1 saturated heterocycles. The molecule has 0 aromatic rings. The van der Waals surface area contributed by atoms with Gasteiger partial charge in [-0.15, -0.1) is 0 Å². The Morgan fingerprint density at radius 2 is 1.75 bits per heavy atom. The monoisotopic (exact) mass is 439 g/mol. The van der Waals surface area contributed by atoms with Crippen LogP contribution in [0.25, 0.3) is 0 Å². The van der Waals surface area contributed by atoms with Crippen LogP contribution in [0.1, 0.15) is 67.2 Å². The lowest BCUT2D eigenvalue weighted by molar-refractivity contribution is -0.124. The SMILES string of the molecule is CC(C)=CCC/C(C)=C(\C(=O)/C=C(\C)C1OC1C=C(C)C)C(=O)NC1=CC(=O)CCC1=O. The topological polar surface area (TPSA) is 92.8 Å². The predicted octanol–water partition coefficient (Wildman–Crippen LogP) is 4.23. The number of Topliss-reactive ketones (excluding diaryl/α,β-unsaturated/α-hetero) is 1. The molecule has 2 rings (SSSR count). The molecule has 0 saturated carbocycles. The zero-order chi connectivity index (χ0) is 24.0. The first-order chi connectivity index (χ1) is 15.0. The summed E-state index contributed by atoms with van der Waals surface area (Å²) in [5.74, 6) is -1.63. The van der Waals surface area contributed by atoms with E-state index in [9.17, 15) is 19.2 Å². The Labute approximate surface area is 190 Å². The Kier molecular flexibility index (Phi) is 8.84. The van der Waals surface area contributed by atoms with Crippen molar-refractivity contribution in [2.45, 2.75) is 79.4 Å². The van der Waals surface area contributed by atoms with Crippen LogP contribution < -0.4 is 5.32 Å². The third-order valence-electron chi connectivity index (χ3n) is 5.26. The van der Waals surface area contributed by atoms with Gasteiger partial charge in [-0.25, -0.2) is 0 Å². The van der Waals surface area contributed by atoms with E-state index < -0.39 is 11.7 Å². The molecule has 172 valence electrons. The summed E-state index contributed by atoms with van der Waals surface area (Å²) < 4.78 is 5.62. The summed E-state index contributed by atoms with van der Waals surface area (Å²) in [6, 6.07) is 0. The van der Waals surface area contributed by atoms with Gasteiger partial charge < -0.3 is 10.1 Å². The van der Waals surface area contributed by atoms with Gasteiger partial charge in [0.25, 0.3) is 5.91 Å². The standard InChI is InChI=1S/C26H33NO5/c1-15(2)8-7-9-17(5)24(26(31)27-20-14-19(28)10-11-21(20)29)22(30)13-18(6)25-23(32-25)12-16(3)4/h8,12-14,23,25H,7,9-11H2,1-6H3,(H,27,31)/b18-13+,24-17+. The second-order valence-corrected chi connectivity index (χ2v) is 8.90. The Balaban J connectivity index is 2.28. The first-order valence-electron chi connectivity index (χ1n) is 10.9. The number of ketones is 3. The largest absolute Gasteiger partial charge is 0.360 e. The Bertz CT molecular complexity index is 966. The summed E-state index contributed by atoms with van der Waals surface area (Å²) in [7, 11) is 0. The third kappa shape index (κ3) is 7.38. The molecule has 1 aliphatic carbocycles. The molecule has 1 N–H and O–H groups in total. The van der Waals surface area contributed by atoms with Crippen LogP contribution in [0.4, 0.5) is 0 Å². The van der Waals surface area contributed by atoms with Crippen molar-refractivity contribution in [3.8, 4) is 0 Å². The van der Waals surface area contributed by atoms with Crippen LogP contribution in [-0.2, 0) is 23.9 Å². The average Bonchev–Trinajstić information content (AvgIpc) is 3.43. The lowest BCUT2D eigenvalue weighted by atomic mass is 9.96. The van der Waals surface area contributed by atoms with Gasteiger partial charge in [0.15, 0.2) is 17.3 Å². The maximum atomic E-state index is 13.1. The first kappa shape index (κ1) is 25.4. The predicted molar refractivity (Wildman–Crippen MR) is 124 cm³/mol. The number of rotatable bonds is 9. The minimum atomic E-state index is -0.666. The number of carbonyl (C=O) groups excluding carboxylic acids is 4. The van der Waals surface area contributed by atoms with Crippen LogP contribution in [0.5, 0.6) is 0 Å². The molecule has 6 nitrogen and oxygen atoms in total. The van der Waals surface area contributed by atoms with Crippen molar-refractivity contribution in [2.75, 3.05) is 0 Å². The number of hydrogen-bond acceptors (Lipinski definition) is 5. The highest BCUT2D eigenvalue weighted by Gasteiger charge is 2.38. The summed E-state index contributed by atoms with van der Waals surface area (Å²) in [6.45, 7) is 11.5. The quantitative estimate of drug-likeness (QED) is 0.191. The van der Waals surface area contributed by atoms with Crippen LogP contribution in [0.15, 0.2) is 57.9 Å². The number of nitrogens with one attached hydrogen (secondary N) is 1. The van der Waals surface area contributed by atoms with Crippen LogP contribution >= 0.6 is 0 Å². The smallest absolute Gasteiger partial charge is 0.259 e. The van der Waals surface area contributed by atoms with E-state index in [0.29, 0.717) is 18.4 Å². The van der Waals surface area contributed by atoms with Crippen molar-refractivity contribution in [3.05, 3.63) is 57.9 Å². The van der Waals surface area contributed by atoms with Crippen molar-refractivity contribution >= 4 is 23.3 Å². The van der Waals surface area contributed by atoms with Crippen LogP contribution in [-0.4, -0.2) is 35.5 Å². The van der Waals surface area contributed by atoms with E-state index in [2.05, 4.69) is 5.32 Å². The summed E-state index contributed by atoms with van der Waals surface area (Å²) >= 11 is 0. The molecule has 0 radical (unpaired) electrons. The molecular formula is C26H33NO5. The second kappa shape index (κ2) is 11.1. The van der Waals surface area contributed by atoms with Gasteiger partial charge in [0.05, 0.1) is 11.3 Å². The summed E-state index contributed by atoms with van der Waals surface area (Å²) in [5.41, 5.74) is 3.59. The normalized spacial score (nSPS) is 21.3. The summed E-state index contributed by atoms with van der Waals surface area (Å²) in [6.07, 6.45) is 7.80. The molecule has 32 heavy (non-hydrogen) atoms. The van der Waals surface area contributed by atoms with E-state index in [-0.39, 0.29) is 47.9 Å². The molecule has 1 heterocycles. The van der Waals surface area contributed by atoms with Crippen molar-refractivity contribution < 1.29 is 23.9 Å². The minimum absolute atomic E-state index is 0.00218. The van der Waals surface area contributed by atoms with Gasteiger partial charge in [-0.2, -0.15) is 0 Å². The molecule has 1 aliphatic heterocycles. The van der Waals surface area contributed by atoms with Gasteiger partial charge in [-0.3, -0.25) is 19.2 Å². The minimum Gasteiger partial charge on any atom is -0.360 e. The van der Waals surface area contributed by atoms with Gasteiger partial charge >= 0.3 is 0 Å². The van der Waals surface area contributed by atoms with E-state index in [1.807, 2.05) is 39.8 Å². The van der Waals surface area contributed by atoms with E-state index in [1.165, 1.54) is 6.08 Å². The molecule has 2 aliphatic rings. The molecule has 0 bridgehead atoms. The maximum Gasteiger partial charge on any atom is 0.259 e. The van der Waals surface area contributed by atoms with Crippen molar-refractivity contribution in [3.63, 3.8) is 0 Å². The maximum absolute atomic E-state index is 13.1. The van der Waals surface area contributed by atoms with Gasteiger partial charge in [-0.05, 0) is 66.0 Å². The highest BCUT2D eigenvalue weighted by atomic mass is 16.6. The third-order valence-corrected chi connectivity index (χ3v) is 5.26.